The van der Waals surface area contributed by atoms with Crippen molar-refractivity contribution in [2.75, 3.05) is 7.11 Å². The van der Waals surface area contributed by atoms with Crippen LogP contribution in [0.3, 0.4) is 0 Å². The predicted molar refractivity (Wildman–Crippen MR) is 80.2 cm³/mol. The van der Waals surface area contributed by atoms with Gasteiger partial charge in [0.05, 0.1) is 17.6 Å². The molecule has 0 aliphatic carbocycles. The zero-order valence-corrected chi connectivity index (χ0v) is 12.9. The average molecular weight is 355 g/mol. The monoisotopic (exact) mass is 355 g/mol. The maximum Gasteiger partial charge on any atom is 0.420 e. The number of carbonyl (C=O) groups excluding carboxylic acids is 1. The van der Waals surface area contributed by atoms with E-state index in [9.17, 15) is 28.1 Å². The molecular formula is C16H12F3NO5. The van der Waals surface area contributed by atoms with Gasteiger partial charge in [-0.1, -0.05) is 12.1 Å². The summed E-state index contributed by atoms with van der Waals surface area (Å²) in [6, 6.07) is 8.18. The summed E-state index contributed by atoms with van der Waals surface area (Å²) in [7, 11) is 1.23. The van der Waals surface area contributed by atoms with E-state index in [0.717, 1.165) is 12.1 Å². The van der Waals surface area contributed by atoms with Crippen LogP contribution >= 0.6 is 0 Å². The van der Waals surface area contributed by atoms with E-state index in [0.29, 0.717) is 11.6 Å². The summed E-state index contributed by atoms with van der Waals surface area (Å²) in [4.78, 5) is 21.0. The minimum absolute atomic E-state index is 0.206. The Labute approximate surface area is 139 Å². The van der Waals surface area contributed by atoms with Crippen molar-refractivity contribution in [2.24, 2.45) is 0 Å². The highest BCUT2D eigenvalue weighted by Gasteiger charge is 2.36. The molecule has 9 heteroatoms. The molecule has 0 radical (unpaired) electrons. The fraction of sp³-hybridized carbons (Fsp3) is 0.188. The van der Waals surface area contributed by atoms with Crippen LogP contribution < -0.4 is 4.74 Å². The molecule has 0 aliphatic heterocycles. The highest BCUT2D eigenvalue weighted by molar-refractivity contribution is 5.89. The van der Waals surface area contributed by atoms with Crippen LogP contribution in [0.1, 0.15) is 21.5 Å². The Morgan fingerprint density at radius 2 is 1.80 bits per heavy atom. The number of hydrogen-bond donors (Lipinski definition) is 0. The van der Waals surface area contributed by atoms with Crippen LogP contribution in [0.2, 0.25) is 0 Å². The number of methoxy groups -OCH3 is 1. The molecule has 0 saturated heterocycles. The standard InChI is InChI=1S/C16H12F3NO5/c1-24-15(21)11-4-2-10(3-5-11)9-25-14-7-6-12(20(22)23)8-13(14)16(17,18)19/h2-8H,9H2,1H3. The number of non-ortho nitro benzene ring substituents is 1. The first-order valence-corrected chi connectivity index (χ1v) is 6.88. The van der Waals surface area contributed by atoms with Gasteiger partial charge in [-0.2, -0.15) is 13.2 Å². The second-order valence-electron chi connectivity index (χ2n) is 4.91. The molecule has 0 saturated carbocycles. The molecule has 0 N–H and O–H groups in total. The number of nitro benzene ring substituents is 1. The Morgan fingerprint density at radius 1 is 1.16 bits per heavy atom. The summed E-state index contributed by atoms with van der Waals surface area (Å²) < 4.78 is 48.8. The lowest BCUT2D eigenvalue weighted by molar-refractivity contribution is -0.385. The number of ether oxygens (including phenoxy) is 2. The van der Waals surface area contributed by atoms with E-state index >= 15 is 0 Å². The smallest absolute Gasteiger partial charge is 0.420 e. The molecule has 0 bridgehead atoms. The van der Waals surface area contributed by atoms with Gasteiger partial charge in [-0.3, -0.25) is 10.1 Å². The van der Waals surface area contributed by atoms with E-state index < -0.39 is 34.1 Å². The maximum absolute atomic E-state index is 13.0. The molecule has 132 valence electrons. The van der Waals surface area contributed by atoms with Gasteiger partial charge in [-0.15, -0.1) is 0 Å². The van der Waals surface area contributed by atoms with Gasteiger partial charge >= 0.3 is 12.1 Å². The van der Waals surface area contributed by atoms with Gasteiger partial charge in [0.2, 0.25) is 0 Å². The lowest BCUT2D eigenvalue weighted by Crippen LogP contribution is -2.09. The SMILES string of the molecule is COC(=O)c1ccc(COc2ccc([N+](=O)[O-])cc2C(F)(F)F)cc1. The van der Waals surface area contributed by atoms with E-state index in [-0.39, 0.29) is 12.2 Å². The van der Waals surface area contributed by atoms with Crippen LogP contribution in [-0.4, -0.2) is 18.0 Å². The first kappa shape index (κ1) is 18.2. The summed E-state index contributed by atoms with van der Waals surface area (Å²) in [5.41, 5.74) is -1.10. The fourth-order valence-electron chi connectivity index (χ4n) is 1.99. The fourth-order valence-corrected chi connectivity index (χ4v) is 1.99. The molecule has 2 aromatic rings. The first-order valence-electron chi connectivity index (χ1n) is 6.88. The van der Waals surface area contributed by atoms with Crippen LogP contribution in [0, 0.1) is 10.1 Å². The third-order valence-electron chi connectivity index (χ3n) is 3.25. The number of alkyl halides is 3. The Morgan fingerprint density at radius 3 is 2.32 bits per heavy atom. The van der Waals surface area contributed by atoms with E-state index in [1.807, 2.05) is 0 Å². The Hall–Kier alpha value is -3.10. The Bertz CT molecular complexity index is 787. The zero-order valence-electron chi connectivity index (χ0n) is 12.9. The highest BCUT2D eigenvalue weighted by atomic mass is 19.4. The van der Waals surface area contributed by atoms with Crippen LogP contribution in [0.15, 0.2) is 42.5 Å². The summed E-state index contributed by atoms with van der Waals surface area (Å²) in [6.07, 6.45) is -4.80. The molecule has 0 atom stereocenters. The molecule has 0 fully saturated rings. The van der Waals surface area contributed by atoms with Crippen LogP contribution in [-0.2, 0) is 17.5 Å². The van der Waals surface area contributed by atoms with Crippen molar-refractivity contribution in [3.8, 4) is 5.75 Å². The van der Waals surface area contributed by atoms with E-state index in [1.54, 1.807) is 0 Å². The zero-order chi connectivity index (χ0) is 18.6. The number of esters is 1. The average Bonchev–Trinajstić information content (AvgIpc) is 2.58. The molecule has 2 rings (SSSR count). The molecule has 0 amide bonds. The normalized spacial score (nSPS) is 11.0. The van der Waals surface area contributed by atoms with Crippen molar-refractivity contribution in [3.05, 3.63) is 69.3 Å². The van der Waals surface area contributed by atoms with Crippen molar-refractivity contribution >= 4 is 11.7 Å². The summed E-state index contributed by atoms with van der Waals surface area (Å²) in [5.74, 6) is -1.06. The van der Waals surface area contributed by atoms with Gasteiger partial charge in [-0.05, 0) is 23.8 Å². The van der Waals surface area contributed by atoms with Crippen LogP contribution in [0.4, 0.5) is 18.9 Å². The summed E-state index contributed by atoms with van der Waals surface area (Å²) >= 11 is 0. The number of halogens is 3. The van der Waals surface area contributed by atoms with Gasteiger partial charge in [-0.25, -0.2) is 4.79 Å². The van der Waals surface area contributed by atoms with Gasteiger partial charge in [0.1, 0.15) is 17.9 Å². The van der Waals surface area contributed by atoms with Crippen molar-refractivity contribution in [3.63, 3.8) is 0 Å². The summed E-state index contributed by atoms with van der Waals surface area (Å²) in [5, 5.41) is 10.6. The minimum Gasteiger partial charge on any atom is -0.488 e. The van der Waals surface area contributed by atoms with Crippen molar-refractivity contribution in [1.29, 1.82) is 0 Å². The van der Waals surface area contributed by atoms with Gasteiger partial charge in [0.25, 0.3) is 5.69 Å². The Balaban J connectivity index is 2.20. The second-order valence-corrected chi connectivity index (χ2v) is 4.91. The second kappa shape index (κ2) is 7.20. The molecule has 0 aliphatic rings. The third kappa shape index (κ3) is 4.46. The summed E-state index contributed by atoms with van der Waals surface area (Å²) in [6.45, 7) is -0.206. The molecule has 0 heterocycles. The number of nitrogens with zero attached hydrogens (tertiary/aromatic N) is 1. The number of benzene rings is 2. The van der Waals surface area contributed by atoms with E-state index in [2.05, 4.69) is 4.74 Å². The quantitative estimate of drug-likeness (QED) is 0.460. The maximum atomic E-state index is 13.0. The van der Waals surface area contributed by atoms with Crippen molar-refractivity contribution < 1.29 is 32.4 Å². The van der Waals surface area contributed by atoms with Gasteiger partial charge in [0, 0.05) is 12.1 Å². The van der Waals surface area contributed by atoms with Gasteiger partial charge in [0.15, 0.2) is 0 Å². The molecule has 0 aromatic heterocycles. The molecular weight excluding hydrogens is 343 g/mol. The predicted octanol–water partition coefficient (Wildman–Crippen LogP) is 3.98. The van der Waals surface area contributed by atoms with E-state index in [1.165, 1.54) is 31.4 Å². The third-order valence-corrected chi connectivity index (χ3v) is 3.25. The number of rotatable bonds is 5. The highest BCUT2D eigenvalue weighted by Crippen LogP contribution is 2.38. The molecule has 0 spiro atoms. The van der Waals surface area contributed by atoms with E-state index in [4.69, 9.17) is 4.74 Å². The minimum atomic E-state index is -4.80. The van der Waals surface area contributed by atoms with Crippen molar-refractivity contribution in [2.45, 2.75) is 12.8 Å². The molecule has 6 nitrogen and oxygen atoms in total. The topological polar surface area (TPSA) is 78.7 Å². The van der Waals surface area contributed by atoms with Gasteiger partial charge < -0.3 is 9.47 Å². The first-order chi connectivity index (χ1) is 11.7. The molecule has 25 heavy (non-hydrogen) atoms. The lowest BCUT2D eigenvalue weighted by Gasteiger charge is -2.14. The molecule has 2 aromatic carbocycles. The lowest BCUT2D eigenvalue weighted by atomic mass is 10.1. The van der Waals surface area contributed by atoms with Crippen molar-refractivity contribution in [1.82, 2.24) is 0 Å². The largest absolute Gasteiger partial charge is 0.488 e. The Kier molecular flexibility index (Phi) is 5.26. The number of hydrogen-bond acceptors (Lipinski definition) is 5. The molecule has 0 unspecified atom stereocenters. The van der Waals surface area contributed by atoms with Crippen LogP contribution in [0.25, 0.3) is 0 Å². The number of nitro groups is 1. The number of carbonyl (C=O) groups is 1. The van der Waals surface area contributed by atoms with Crippen LogP contribution in [0.5, 0.6) is 5.75 Å².